The van der Waals surface area contributed by atoms with Crippen LogP contribution in [0.4, 0.5) is 11.4 Å². The van der Waals surface area contributed by atoms with E-state index in [2.05, 4.69) is 60.4 Å². The van der Waals surface area contributed by atoms with E-state index in [0.717, 1.165) is 17.6 Å². The van der Waals surface area contributed by atoms with Crippen LogP contribution in [0.1, 0.15) is 24.8 Å². The van der Waals surface area contributed by atoms with Crippen molar-refractivity contribution >= 4 is 44.2 Å². The number of rotatable bonds is 6. The van der Waals surface area contributed by atoms with Crippen molar-refractivity contribution in [2.75, 3.05) is 36.9 Å². The van der Waals surface area contributed by atoms with E-state index in [9.17, 15) is 9.59 Å². The van der Waals surface area contributed by atoms with Gasteiger partial charge in [0.2, 0.25) is 5.91 Å². The number of carbonyl (C=O) groups is 1. The summed E-state index contributed by atoms with van der Waals surface area (Å²) in [4.78, 5) is 34.0. The van der Waals surface area contributed by atoms with Crippen molar-refractivity contribution in [1.82, 2.24) is 14.9 Å². The molecule has 0 aliphatic carbocycles. The highest BCUT2D eigenvalue weighted by Gasteiger charge is 2.16. The van der Waals surface area contributed by atoms with Crippen LogP contribution < -0.4 is 15.9 Å². The molecule has 1 fully saturated rings. The second kappa shape index (κ2) is 9.06. The number of H-pyrrole nitrogens is 2. The molecule has 3 N–H and O–H groups in total. The molecule has 30 heavy (non-hydrogen) atoms. The predicted molar refractivity (Wildman–Crippen MR) is 124 cm³/mol. The lowest BCUT2D eigenvalue weighted by molar-refractivity contribution is -0.117. The number of carbonyl (C=O) groups excluding carboxylic acids is 1. The monoisotopic (exact) mass is 471 g/mol. The normalized spacial score (nSPS) is 14.4. The summed E-state index contributed by atoms with van der Waals surface area (Å²) >= 11 is 3.46. The molecule has 0 radical (unpaired) electrons. The molecule has 4 rings (SSSR count). The molecule has 1 aliphatic rings. The summed E-state index contributed by atoms with van der Waals surface area (Å²) in [6.45, 7) is 3.16. The molecule has 0 atom stereocenters. The number of amides is 1. The fraction of sp³-hybridized carbons (Fsp3) is 0.364. The summed E-state index contributed by atoms with van der Waals surface area (Å²) in [5, 5.41) is 2.93. The van der Waals surface area contributed by atoms with Gasteiger partial charge in [-0.25, -0.2) is 4.79 Å². The topological polar surface area (TPSA) is 84.2 Å². The number of nitrogens with zero attached hydrogens (tertiary/aromatic N) is 2. The van der Waals surface area contributed by atoms with E-state index in [1.165, 1.54) is 30.5 Å². The fourth-order valence-corrected chi connectivity index (χ4v) is 4.46. The van der Waals surface area contributed by atoms with Gasteiger partial charge in [0.15, 0.2) is 0 Å². The summed E-state index contributed by atoms with van der Waals surface area (Å²) < 4.78 is 0.719. The second-order valence-electron chi connectivity index (χ2n) is 7.85. The van der Waals surface area contributed by atoms with Gasteiger partial charge in [-0.05, 0) is 66.0 Å². The molecule has 158 valence electrons. The van der Waals surface area contributed by atoms with Gasteiger partial charge in [0.25, 0.3) is 0 Å². The molecule has 1 aliphatic heterocycles. The van der Waals surface area contributed by atoms with Crippen molar-refractivity contribution in [3.8, 4) is 0 Å². The summed E-state index contributed by atoms with van der Waals surface area (Å²) in [5.74, 6) is -0.106. The number of aromatic amines is 2. The number of hydrogen-bond donors (Lipinski definition) is 3. The summed E-state index contributed by atoms with van der Waals surface area (Å²) in [7, 11) is 1.95. The zero-order chi connectivity index (χ0) is 21.1. The van der Waals surface area contributed by atoms with Gasteiger partial charge in [0, 0.05) is 29.8 Å². The van der Waals surface area contributed by atoms with E-state index in [1.807, 2.05) is 11.9 Å². The number of halogens is 1. The maximum Gasteiger partial charge on any atom is 0.323 e. The smallest absolute Gasteiger partial charge is 0.323 e. The molecule has 0 bridgehead atoms. The van der Waals surface area contributed by atoms with Crippen molar-refractivity contribution in [1.29, 1.82) is 0 Å². The van der Waals surface area contributed by atoms with Gasteiger partial charge in [-0.3, -0.25) is 9.69 Å². The molecule has 3 aromatic rings. The average Bonchev–Trinajstić information content (AvgIpc) is 3.08. The van der Waals surface area contributed by atoms with E-state index >= 15 is 0 Å². The minimum Gasteiger partial charge on any atom is -0.371 e. The van der Waals surface area contributed by atoms with Crippen LogP contribution >= 0.6 is 15.9 Å². The van der Waals surface area contributed by atoms with E-state index < -0.39 is 0 Å². The first-order valence-electron chi connectivity index (χ1n) is 10.2. The van der Waals surface area contributed by atoms with Gasteiger partial charge in [-0.15, -0.1) is 0 Å². The number of piperidine rings is 1. The predicted octanol–water partition coefficient (Wildman–Crippen LogP) is 3.68. The molecular weight excluding hydrogens is 446 g/mol. The number of aromatic nitrogens is 2. The highest BCUT2D eigenvalue weighted by Crippen LogP contribution is 2.27. The zero-order valence-electron chi connectivity index (χ0n) is 17.0. The number of para-hydroxylation sites is 1. The lowest BCUT2D eigenvalue weighted by Crippen LogP contribution is -2.33. The van der Waals surface area contributed by atoms with Crippen LogP contribution in [0.5, 0.6) is 0 Å². The van der Waals surface area contributed by atoms with Crippen molar-refractivity contribution < 1.29 is 4.79 Å². The Morgan fingerprint density at radius 1 is 1.13 bits per heavy atom. The molecule has 7 nitrogen and oxygen atoms in total. The summed E-state index contributed by atoms with van der Waals surface area (Å²) in [6, 6.07) is 12.0. The van der Waals surface area contributed by atoms with Gasteiger partial charge in [0.1, 0.15) is 0 Å². The minimum atomic E-state index is -0.271. The van der Waals surface area contributed by atoms with Crippen molar-refractivity contribution in [2.45, 2.75) is 25.8 Å². The molecule has 0 unspecified atom stereocenters. The van der Waals surface area contributed by atoms with Crippen LogP contribution in [0.3, 0.4) is 0 Å². The number of fused-ring (bicyclic) bond motifs is 1. The van der Waals surface area contributed by atoms with Crippen LogP contribution in [-0.2, 0) is 11.3 Å². The van der Waals surface area contributed by atoms with Crippen LogP contribution in [0, 0.1) is 0 Å². The quantitative estimate of drug-likeness (QED) is 0.511. The van der Waals surface area contributed by atoms with E-state index in [0.29, 0.717) is 23.3 Å². The standard InChI is InChI=1S/C22H26BrN5O2/c1-27(13-15-7-3-4-8-20(15)28-9-5-2-6-10-28)14-21(29)24-17-12-19-18(11-16(17)23)25-22(30)26-19/h3-4,7-8,11-12H,2,5-6,9-10,13-14H2,1H3,(H,24,29)(H2,25,26,30). The van der Waals surface area contributed by atoms with E-state index in [4.69, 9.17) is 0 Å². The van der Waals surface area contributed by atoms with E-state index in [1.54, 1.807) is 12.1 Å². The molecule has 0 saturated carbocycles. The number of benzene rings is 2. The Balaban J connectivity index is 1.41. The van der Waals surface area contributed by atoms with Gasteiger partial charge >= 0.3 is 5.69 Å². The molecule has 2 aromatic carbocycles. The molecule has 0 spiro atoms. The average molecular weight is 472 g/mol. The van der Waals surface area contributed by atoms with Crippen molar-refractivity contribution in [3.63, 3.8) is 0 Å². The zero-order valence-corrected chi connectivity index (χ0v) is 18.6. The Kier molecular flexibility index (Phi) is 6.24. The molecule has 2 heterocycles. The Bertz CT molecular complexity index is 1100. The summed E-state index contributed by atoms with van der Waals surface area (Å²) in [5.41, 5.74) is 4.22. The van der Waals surface area contributed by atoms with Crippen molar-refractivity contribution in [3.05, 3.63) is 56.9 Å². The SMILES string of the molecule is CN(CC(=O)Nc1cc2[nH]c(=O)[nH]c2cc1Br)Cc1ccccc1N1CCCCC1. The lowest BCUT2D eigenvalue weighted by atomic mass is 10.1. The first kappa shape index (κ1) is 20.7. The largest absolute Gasteiger partial charge is 0.371 e. The Morgan fingerprint density at radius 3 is 2.60 bits per heavy atom. The molecule has 1 saturated heterocycles. The molecular formula is C22H26BrN5O2. The number of nitrogens with one attached hydrogen (secondary N) is 3. The maximum absolute atomic E-state index is 12.6. The van der Waals surface area contributed by atoms with Gasteiger partial charge in [-0.2, -0.15) is 0 Å². The first-order valence-corrected chi connectivity index (χ1v) is 11.0. The van der Waals surface area contributed by atoms with Crippen LogP contribution in [0.2, 0.25) is 0 Å². The van der Waals surface area contributed by atoms with E-state index in [-0.39, 0.29) is 18.1 Å². The lowest BCUT2D eigenvalue weighted by Gasteiger charge is -2.31. The Morgan fingerprint density at radius 2 is 1.83 bits per heavy atom. The van der Waals surface area contributed by atoms with Gasteiger partial charge < -0.3 is 20.2 Å². The summed E-state index contributed by atoms with van der Waals surface area (Å²) in [6.07, 6.45) is 3.77. The number of likely N-dealkylation sites (N-methyl/N-ethyl adjacent to an activating group) is 1. The van der Waals surface area contributed by atoms with Crippen LogP contribution in [-0.4, -0.2) is 47.5 Å². The second-order valence-corrected chi connectivity index (χ2v) is 8.71. The minimum absolute atomic E-state index is 0.106. The number of imidazole rings is 1. The fourth-order valence-electron chi connectivity index (χ4n) is 4.02. The third-order valence-electron chi connectivity index (χ3n) is 5.42. The van der Waals surface area contributed by atoms with Gasteiger partial charge in [-0.1, -0.05) is 18.2 Å². The molecule has 1 aromatic heterocycles. The maximum atomic E-state index is 12.6. The van der Waals surface area contributed by atoms with Crippen LogP contribution in [0.15, 0.2) is 45.7 Å². The first-order chi connectivity index (χ1) is 14.5. The number of hydrogen-bond acceptors (Lipinski definition) is 4. The third-order valence-corrected chi connectivity index (χ3v) is 6.08. The number of anilines is 2. The molecule has 8 heteroatoms. The molecule has 1 amide bonds. The third kappa shape index (κ3) is 4.76. The highest BCUT2D eigenvalue weighted by molar-refractivity contribution is 9.10. The Hall–Kier alpha value is -2.58. The van der Waals surface area contributed by atoms with Crippen LogP contribution in [0.25, 0.3) is 11.0 Å². The highest BCUT2D eigenvalue weighted by atomic mass is 79.9. The van der Waals surface area contributed by atoms with Gasteiger partial charge in [0.05, 0.1) is 23.3 Å². The van der Waals surface area contributed by atoms with Crippen molar-refractivity contribution in [2.24, 2.45) is 0 Å². The Labute approximate surface area is 183 Å².